The van der Waals surface area contributed by atoms with Crippen LogP contribution in [0.3, 0.4) is 0 Å². The molecule has 1 N–H and O–H groups in total. The van der Waals surface area contributed by atoms with Crippen molar-refractivity contribution in [1.29, 1.82) is 0 Å². The lowest BCUT2D eigenvalue weighted by atomic mass is 10.2. The molecule has 0 radical (unpaired) electrons. The van der Waals surface area contributed by atoms with Crippen LogP contribution in [0.25, 0.3) is 0 Å². The van der Waals surface area contributed by atoms with Crippen LogP contribution in [0.5, 0.6) is 0 Å². The van der Waals surface area contributed by atoms with Gasteiger partial charge in [0.05, 0.1) is 22.8 Å². The first kappa shape index (κ1) is 17.1. The van der Waals surface area contributed by atoms with Crippen LogP contribution in [0.15, 0.2) is 35.2 Å². The van der Waals surface area contributed by atoms with Crippen LogP contribution < -0.4 is 4.83 Å². The molecule has 2 rings (SSSR count). The highest BCUT2D eigenvalue weighted by atomic mass is 32.2. The Morgan fingerprint density at radius 2 is 1.78 bits per heavy atom. The van der Waals surface area contributed by atoms with Crippen LogP contribution >= 0.6 is 0 Å². The molecule has 7 heteroatoms. The van der Waals surface area contributed by atoms with E-state index in [1.54, 1.807) is 39.0 Å². The molecule has 0 amide bonds. The maximum Gasteiger partial charge on any atom is 0.340 e. The molecule has 0 atom stereocenters. The van der Waals surface area contributed by atoms with E-state index in [9.17, 15) is 13.2 Å². The number of hydrogen-bond donors (Lipinski definition) is 1. The number of sulfonamides is 1. The van der Waals surface area contributed by atoms with Gasteiger partial charge >= 0.3 is 5.97 Å². The Hall–Kier alpha value is -2.28. The van der Waals surface area contributed by atoms with Crippen molar-refractivity contribution in [1.82, 2.24) is 4.68 Å². The van der Waals surface area contributed by atoms with E-state index in [4.69, 9.17) is 4.74 Å². The minimum atomic E-state index is -3.74. The highest BCUT2D eigenvalue weighted by Crippen LogP contribution is 2.17. The van der Waals surface area contributed by atoms with Gasteiger partial charge in [0.15, 0.2) is 0 Å². The van der Waals surface area contributed by atoms with E-state index in [-0.39, 0.29) is 11.5 Å². The van der Waals surface area contributed by atoms with Gasteiger partial charge in [0.1, 0.15) is 0 Å². The predicted octanol–water partition coefficient (Wildman–Crippen LogP) is 2.52. The summed E-state index contributed by atoms with van der Waals surface area (Å²) < 4.78 is 31.3. The number of carbonyl (C=O) groups is 1. The quantitative estimate of drug-likeness (QED) is 0.851. The number of esters is 1. The molecule has 0 fully saturated rings. The van der Waals surface area contributed by atoms with Crippen molar-refractivity contribution in [2.75, 3.05) is 11.4 Å². The normalized spacial score (nSPS) is 11.3. The monoisotopic (exact) mass is 336 g/mol. The van der Waals surface area contributed by atoms with E-state index < -0.39 is 16.0 Å². The predicted molar refractivity (Wildman–Crippen MR) is 87.6 cm³/mol. The number of hydrogen-bond acceptors (Lipinski definition) is 4. The Labute approximate surface area is 136 Å². The molecule has 0 bridgehead atoms. The van der Waals surface area contributed by atoms with Crippen molar-refractivity contribution in [2.24, 2.45) is 0 Å². The smallest absolute Gasteiger partial charge is 0.340 e. The van der Waals surface area contributed by atoms with E-state index in [1.165, 1.54) is 16.8 Å². The van der Waals surface area contributed by atoms with Crippen molar-refractivity contribution < 1.29 is 17.9 Å². The number of nitrogens with zero attached hydrogens (tertiary/aromatic N) is 1. The lowest BCUT2D eigenvalue weighted by Gasteiger charge is -2.13. The molecule has 1 heterocycles. The van der Waals surface area contributed by atoms with Gasteiger partial charge in [-0.15, -0.1) is 0 Å². The van der Waals surface area contributed by atoms with Gasteiger partial charge in [0, 0.05) is 5.69 Å². The molecule has 2 aromatic rings. The highest BCUT2D eigenvalue weighted by molar-refractivity contribution is 7.92. The van der Waals surface area contributed by atoms with Gasteiger partial charge < -0.3 is 4.74 Å². The second-order valence-corrected chi connectivity index (χ2v) is 6.91. The van der Waals surface area contributed by atoms with Crippen molar-refractivity contribution in [2.45, 2.75) is 32.6 Å². The van der Waals surface area contributed by atoms with Crippen LogP contribution in [-0.4, -0.2) is 25.7 Å². The number of rotatable bonds is 5. The molecular formula is C16H20N2O4S. The van der Waals surface area contributed by atoms with Gasteiger partial charge in [-0.1, -0.05) is 17.7 Å². The lowest BCUT2D eigenvalue weighted by Crippen LogP contribution is -2.25. The molecule has 124 valence electrons. The summed E-state index contributed by atoms with van der Waals surface area (Å²) in [6.07, 6.45) is 0. The molecular weight excluding hydrogens is 316 g/mol. The van der Waals surface area contributed by atoms with Crippen molar-refractivity contribution in [3.63, 3.8) is 0 Å². The standard InChI is InChI=1S/C16H20N2O4S/c1-5-22-16(19)15-10-12(3)18(13(15)4)17-23(20,21)14-8-6-11(2)7-9-14/h6-10,17H,5H2,1-4H3. The number of benzene rings is 1. The van der Waals surface area contributed by atoms with Crippen LogP contribution in [-0.2, 0) is 14.8 Å². The van der Waals surface area contributed by atoms with Gasteiger partial charge in [-0.2, -0.15) is 8.42 Å². The molecule has 0 spiro atoms. The van der Waals surface area contributed by atoms with Gasteiger partial charge in [0.25, 0.3) is 10.0 Å². The molecule has 6 nitrogen and oxygen atoms in total. The Balaban J connectivity index is 2.36. The van der Waals surface area contributed by atoms with Crippen LogP contribution in [0.1, 0.15) is 34.2 Å². The number of aryl methyl sites for hydroxylation is 2. The molecule has 0 aliphatic heterocycles. The molecule has 1 aromatic carbocycles. The summed E-state index contributed by atoms with van der Waals surface area (Å²) in [5.74, 6) is -0.471. The summed E-state index contributed by atoms with van der Waals surface area (Å²) in [5.41, 5.74) is 2.40. The molecule has 0 unspecified atom stereocenters. The molecule has 0 saturated carbocycles. The molecule has 1 aromatic heterocycles. The van der Waals surface area contributed by atoms with E-state index in [1.807, 2.05) is 6.92 Å². The van der Waals surface area contributed by atoms with Gasteiger partial charge in [-0.05, 0) is 45.9 Å². The van der Waals surface area contributed by atoms with E-state index in [0.29, 0.717) is 17.0 Å². The first-order chi connectivity index (χ1) is 10.8. The fourth-order valence-corrected chi connectivity index (χ4v) is 3.33. The average Bonchev–Trinajstić information content (AvgIpc) is 2.76. The van der Waals surface area contributed by atoms with E-state index >= 15 is 0 Å². The maximum absolute atomic E-state index is 12.5. The van der Waals surface area contributed by atoms with Crippen molar-refractivity contribution >= 4 is 16.0 Å². The van der Waals surface area contributed by atoms with Gasteiger partial charge in [0.2, 0.25) is 0 Å². The minimum Gasteiger partial charge on any atom is -0.462 e. The fraction of sp³-hybridized carbons (Fsp3) is 0.312. The Morgan fingerprint density at radius 1 is 1.17 bits per heavy atom. The summed E-state index contributed by atoms with van der Waals surface area (Å²) in [4.78, 5) is 14.5. The molecule has 0 saturated heterocycles. The van der Waals surface area contributed by atoms with Crippen LogP contribution in [0.4, 0.5) is 0 Å². The second kappa shape index (κ2) is 6.45. The van der Waals surface area contributed by atoms with Gasteiger partial charge in [-0.3, -0.25) is 4.68 Å². The van der Waals surface area contributed by atoms with E-state index in [0.717, 1.165) is 5.56 Å². The van der Waals surface area contributed by atoms with Gasteiger partial charge in [-0.25, -0.2) is 9.63 Å². The Bertz CT molecular complexity index is 821. The summed E-state index contributed by atoms with van der Waals surface area (Å²) >= 11 is 0. The van der Waals surface area contributed by atoms with Crippen molar-refractivity contribution in [3.8, 4) is 0 Å². The zero-order chi connectivity index (χ0) is 17.2. The van der Waals surface area contributed by atoms with Crippen molar-refractivity contribution in [3.05, 3.63) is 52.8 Å². The first-order valence-electron chi connectivity index (χ1n) is 7.22. The number of ether oxygens (including phenoxy) is 1. The minimum absolute atomic E-state index is 0.160. The average molecular weight is 336 g/mol. The Morgan fingerprint density at radius 3 is 2.35 bits per heavy atom. The third-order valence-electron chi connectivity index (χ3n) is 3.47. The third kappa shape index (κ3) is 3.56. The summed E-state index contributed by atoms with van der Waals surface area (Å²) in [7, 11) is -3.74. The molecule has 0 aliphatic carbocycles. The van der Waals surface area contributed by atoms with E-state index in [2.05, 4.69) is 4.83 Å². The first-order valence-corrected chi connectivity index (χ1v) is 8.70. The third-order valence-corrected chi connectivity index (χ3v) is 4.78. The van der Waals surface area contributed by atoms with Crippen LogP contribution in [0, 0.1) is 20.8 Å². The largest absolute Gasteiger partial charge is 0.462 e. The topological polar surface area (TPSA) is 77.4 Å². The number of nitrogens with one attached hydrogen (secondary N) is 1. The second-order valence-electron chi connectivity index (χ2n) is 5.25. The molecule has 23 heavy (non-hydrogen) atoms. The summed E-state index contributed by atoms with van der Waals surface area (Å²) in [5, 5.41) is 0. The zero-order valence-corrected chi connectivity index (χ0v) is 14.4. The summed E-state index contributed by atoms with van der Waals surface area (Å²) in [6.45, 7) is 7.24. The van der Waals surface area contributed by atoms with Crippen LogP contribution in [0.2, 0.25) is 0 Å². The zero-order valence-electron chi connectivity index (χ0n) is 13.6. The highest BCUT2D eigenvalue weighted by Gasteiger charge is 2.21. The fourth-order valence-electron chi connectivity index (χ4n) is 2.21. The SMILES string of the molecule is CCOC(=O)c1cc(C)n(NS(=O)(=O)c2ccc(C)cc2)c1C. The Kier molecular flexibility index (Phi) is 4.79. The number of carbonyl (C=O) groups excluding carboxylic acids is 1. The number of aromatic nitrogens is 1. The lowest BCUT2D eigenvalue weighted by molar-refractivity contribution is 0.0525. The molecule has 0 aliphatic rings. The maximum atomic E-state index is 12.5. The summed E-state index contributed by atoms with van der Waals surface area (Å²) in [6, 6.07) is 8.14.